The monoisotopic (exact) mass is 350 g/mol. The van der Waals surface area contributed by atoms with Crippen LogP contribution in [0.4, 0.5) is 5.82 Å². The van der Waals surface area contributed by atoms with Crippen molar-refractivity contribution in [2.24, 2.45) is 0 Å². The third-order valence-corrected chi connectivity index (χ3v) is 4.38. The van der Waals surface area contributed by atoms with E-state index in [0.29, 0.717) is 17.2 Å². The van der Waals surface area contributed by atoms with Crippen LogP contribution in [0.2, 0.25) is 0 Å². The predicted molar refractivity (Wildman–Crippen MR) is 98.6 cm³/mol. The van der Waals surface area contributed by atoms with E-state index in [9.17, 15) is 9.90 Å². The third-order valence-electron chi connectivity index (χ3n) is 4.38. The van der Waals surface area contributed by atoms with Crippen molar-refractivity contribution in [3.8, 4) is 11.3 Å². The number of aromatic carboxylic acids is 1. The Kier molecular flexibility index (Phi) is 3.61. The first-order chi connectivity index (χ1) is 12.5. The summed E-state index contributed by atoms with van der Waals surface area (Å²) in [5.74, 6) is -0.398. The largest absolute Gasteiger partial charge is 0.477 e. The van der Waals surface area contributed by atoms with E-state index in [0.717, 1.165) is 16.6 Å². The molecule has 0 radical (unpaired) electrons. The topological polar surface area (TPSA) is 97.3 Å². The first kappa shape index (κ1) is 16.1. The molecule has 0 bridgehead atoms. The van der Waals surface area contributed by atoms with E-state index >= 15 is 0 Å². The van der Waals surface area contributed by atoms with Gasteiger partial charge in [-0.1, -0.05) is 0 Å². The Morgan fingerprint density at radius 2 is 2.12 bits per heavy atom. The molecule has 8 nitrogen and oxygen atoms in total. The van der Waals surface area contributed by atoms with E-state index in [1.54, 1.807) is 13.2 Å². The molecule has 2 N–H and O–H groups in total. The molecule has 0 atom stereocenters. The van der Waals surface area contributed by atoms with E-state index in [4.69, 9.17) is 0 Å². The SMILES string of the molecule is CNc1cc(-c2cn(C(C)C)c3ncccc23)nc2c(C(=O)O)cnn12. The van der Waals surface area contributed by atoms with Gasteiger partial charge in [0, 0.05) is 42.5 Å². The van der Waals surface area contributed by atoms with Crippen LogP contribution < -0.4 is 5.32 Å². The standard InChI is InChI=1S/C18H18N6O2/c1-10(2)23-9-13(11-5-4-6-20-16(11)23)14-7-15(19-3)24-17(22-14)12(8-21-24)18(25)26/h4-10,19H,1-3H3,(H,25,26). The summed E-state index contributed by atoms with van der Waals surface area (Å²) in [6.45, 7) is 4.18. The van der Waals surface area contributed by atoms with Crippen molar-refractivity contribution in [3.63, 3.8) is 0 Å². The Morgan fingerprint density at radius 1 is 1.31 bits per heavy atom. The van der Waals surface area contributed by atoms with Crippen LogP contribution in [-0.4, -0.2) is 42.3 Å². The molecule has 0 aliphatic rings. The van der Waals surface area contributed by atoms with Gasteiger partial charge in [-0.05, 0) is 26.0 Å². The Bertz CT molecular complexity index is 1140. The number of fused-ring (bicyclic) bond motifs is 2. The molecule has 0 aromatic carbocycles. The maximum absolute atomic E-state index is 11.5. The summed E-state index contributed by atoms with van der Waals surface area (Å²) in [7, 11) is 1.76. The molecule has 0 amide bonds. The summed E-state index contributed by atoms with van der Waals surface area (Å²) >= 11 is 0. The van der Waals surface area contributed by atoms with E-state index in [-0.39, 0.29) is 11.6 Å². The molecule has 0 aliphatic carbocycles. The van der Waals surface area contributed by atoms with Crippen LogP contribution in [-0.2, 0) is 0 Å². The molecule has 4 heterocycles. The molecule has 0 spiro atoms. The van der Waals surface area contributed by atoms with Gasteiger partial charge in [0.2, 0.25) is 0 Å². The molecule has 26 heavy (non-hydrogen) atoms. The molecule has 0 fully saturated rings. The number of carboxylic acids is 1. The van der Waals surface area contributed by atoms with Crippen LogP contribution >= 0.6 is 0 Å². The number of carbonyl (C=O) groups is 1. The number of rotatable bonds is 4. The zero-order valence-electron chi connectivity index (χ0n) is 14.6. The second-order valence-corrected chi connectivity index (χ2v) is 6.29. The summed E-state index contributed by atoms with van der Waals surface area (Å²) in [5, 5.41) is 17.6. The third kappa shape index (κ3) is 2.30. The second-order valence-electron chi connectivity index (χ2n) is 6.29. The highest BCUT2D eigenvalue weighted by Gasteiger charge is 2.19. The lowest BCUT2D eigenvalue weighted by Crippen LogP contribution is -2.04. The van der Waals surface area contributed by atoms with Crippen LogP contribution in [0.3, 0.4) is 0 Å². The van der Waals surface area contributed by atoms with E-state index < -0.39 is 5.97 Å². The van der Waals surface area contributed by atoms with Crippen molar-refractivity contribution < 1.29 is 9.90 Å². The summed E-state index contributed by atoms with van der Waals surface area (Å²) in [6, 6.07) is 5.97. The van der Waals surface area contributed by atoms with Crippen LogP contribution in [0.15, 0.2) is 36.8 Å². The van der Waals surface area contributed by atoms with Crippen LogP contribution in [0.1, 0.15) is 30.2 Å². The molecule has 4 rings (SSSR count). The first-order valence-corrected chi connectivity index (χ1v) is 8.27. The molecule has 0 aliphatic heterocycles. The molecule has 0 unspecified atom stereocenters. The lowest BCUT2D eigenvalue weighted by Gasteiger charge is -2.08. The molecular formula is C18H18N6O2. The molecular weight excluding hydrogens is 332 g/mol. The number of aromatic nitrogens is 5. The van der Waals surface area contributed by atoms with E-state index in [1.165, 1.54) is 10.7 Å². The fraction of sp³-hybridized carbons (Fsp3) is 0.222. The minimum atomic E-state index is -1.06. The number of nitrogens with zero attached hydrogens (tertiary/aromatic N) is 5. The van der Waals surface area contributed by atoms with Gasteiger partial charge in [-0.2, -0.15) is 9.61 Å². The molecule has 8 heteroatoms. The number of carboxylic acid groups (broad SMARTS) is 1. The van der Waals surface area contributed by atoms with Gasteiger partial charge in [-0.3, -0.25) is 0 Å². The quantitative estimate of drug-likeness (QED) is 0.587. The number of anilines is 1. The maximum Gasteiger partial charge on any atom is 0.341 e. The average Bonchev–Trinajstić information content (AvgIpc) is 3.22. The van der Waals surface area contributed by atoms with E-state index in [1.807, 2.05) is 24.4 Å². The second kappa shape index (κ2) is 5.83. The van der Waals surface area contributed by atoms with Gasteiger partial charge < -0.3 is 15.0 Å². The Morgan fingerprint density at radius 3 is 2.81 bits per heavy atom. The predicted octanol–water partition coefficient (Wildman–Crippen LogP) is 3.07. The van der Waals surface area contributed by atoms with Gasteiger partial charge in [0.15, 0.2) is 5.65 Å². The van der Waals surface area contributed by atoms with Gasteiger partial charge in [-0.15, -0.1) is 0 Å². The van der Waals surface area contributed by atoms with Gasteiger partial charge in [0.1, 0.15) is 17.0 Å². The summed E-state index contributed by atoms with van der Waals surface area (Å²) in [6.07, 6.45) is 5.09. The van der Waals surface area contributed by atoms with Crippen LogP contribution in [0, 0.1) is 0 Å². The van der Waals surface area contributed by atoms with E-state index in [2.05, 4.69) is 38.8 Å². The van der Waals surface area contributed by atoms with Gasteiger partial charge in [0.05, 0.1) is 11.9 Å². The lowest BCUT2D eigenvalue weighted by molar-refractivity contribution is 0.0699. The minimum absolute atomic E-state index is 0.0640. The maximum atomic E-state index is 11.5. The van der Waals surface area contributed by atoms with Crippen LogP contribution in [0.5, 0.6) is 0 Å². The molecule has 0 saturated carbocycles. The highest BCUT2D eigenvalue weighted by atomic mass is 16.4. The zero-order valence-corrected chi connectivity index (χ0v) is 14.6. The summed E-state index contributed by atoms with van der Waals surface area (Å²) in [5.41, 5.74) is 2.81. The number of hydrogen-bond donors (Lipinski definition) is 2. The van der Waals surface area contributed by atoms with Gasteiger partial charge in [0.25, 0.3) is 0 Å². The van der Waals surface area contributed by atoms with Gasteiger partial charge in [-0.25, -0.2) is 14.8 Å². The number of pyridine rings is 1. The first-order valence-electron chi connectivity index (χ1n) is 8.27. The highest BCUT2D eigenvalue weighted by molar-refractivity contribution is 5.97. The number of hydrogen-bond acceptors (Lipinski definition) is 5. The van der Waals surface area contributed by atoms with Crippen molar-refractivity contribution in [1.29, 1.82) is 0 Å². The molecule has 4 aromatic heterocycles. The minimum Gasteiger partial charge on any atom is -0.477 e. The fourth-order valence-electron chi connectivity index (χ4n) is 3.11. The summed E-state index contributed by atoms with van der Waals surface area (Å²) < 4.78 is 3.58. The Balaban J connectivity index is 2.05. The fourth-order valence-corrected chi connectivity index (χ4v) is 3.11. The van der Waals surface area contributed by atoms with Crippen molar-refractivity contribution in [3.05, 3.63) is 42.4 Å². The number of nitrogens with one attached hydrogen (secondary N) is 1. The summed E-state index contributed by atoms with van der Waals surface area (Å²) in [4.78, 5) is 20.6. The average molecular weight is 350 g/mol. The molecule has 132 valence electrons. The van der Waals surface area contributed by atoms with Crippen LogP contribution in [0.25, 0.3) is 27.9 Å². The Hall–Kier alpha value is -3.42. The Labute approximate surface area is 149 Å². The van der Waals surface area contributed by atoms with Crippen molar-refractivity contribution in [2.75, 3.05) is 12.4 Å². The molecule has 0 saturated heterocycles. The zero-order chi connectivity index (χ0) is 18.4. The smallest absolute Gasteiger partial charge is 0.341 e. The van der Waals surface area contributed by atoms with Crippen molar-refractivity contribution in [2.45, 2.75) is 19.9 Å². The van der Waals surface area contributed by atoms with Crippen molar-refractivity contribution >= 4 is 28.5 Å². The molecule has 4 aromatic rings. The van der Waals surface area contributed by atoms with Gasteiger partial charge >= 0.3 is 5.97 Å². The highest BCUT2D eigenvalue weighted by Crippen LogP contribution is 2.32. The normalized spacial score (nSPS) is 11.5. The lowest BCUT2D eigenvalue weighted by atomic mass is 10.1. The van der Waals surface area contributed by atoms with Crippen molar-refractivity contribution in [1.82, 2.24) is 24.1 Å².